The number of carbonyl (C=O) groups excluding carboxylic acids is 2. The Kier molecular flexibility index (Phi) is 60.2. The van der Waals surface area contributed by atoms with Crippen LogP contribution in [0.15, 0.2) is 109 Å². The van der Waals surface area contributed by atoms with Crippen LogP contribution in [0.2, 0.25) is 0 Å². The summed E-state index contributed by atoms with van der Waals surface area (Å²) in [6.07, 6.45) is 85.9. The van der Waals surface area contributed by atoms with Crippen molar-refractivity contribution in [2.45, 2.75) is 283 Å². The van der Waals surface area contributed by atoms with E-state index in [1.54, 1.807) is 0 Å². The number of hydrogen-bond acceptors (Lipinski definition) is 8. The Labute approximate surface area is 479 Å². The van der Waals surface area contributed by atoms with Gasteiger partial charge in [-0.3, -0.25) is 18.6 Å². The Balaban J connectivity index is 3.88. The molecule has 0 amide bonds. The molecule has 10 heteroatoms. The predicted molar refractivity (Wildman–Crippen MR) is 335 cm³/mol. The van der Waals surface area contributed by atoms with Gasteiger partial charge in [-0.2, -0.15) is 0 Å². The number of nitrogens with two attached hydrogens (primary N) is 1. The highest BCUT2D eigenvalue weighted by atomic mass is 31.2. The average Bonchev–Trinajstić information content (AvgIpc) is 3.43. The third-order valence-corrected chi connectivity index (χ3v) is 14.4. The van der Waals surface area contributed by atoms with Gasteiger partial charge in [0.1, 0.15) is 6.61 Å². The van der Waals surface area contributed by atoms with E-state index in [0.717, 1.165) is 103 Å². The maximum Gasteiger partial charge on any atom is 0.472 e. The zero-order chi connectivity index (χ0) is 56.6. The first-order chi connectivity index (χ1) is 38.3. The molecule has 9 nitrogen and oxygen atoms in total. The first kappa shape index (κ1) is 74.7. The van der Waals surface area contributed by atoms with E-state index in [1.807, 2.05) is 0 Å². The second kappa shape index (κ2) is 62.9. The highest BCUT2D eigenvalue weighted by molar-refractivity contribution is 7.47. The molecule has 0 rings (SSSR count). The normalized spacial score (nSPS) is 13.7. The molecule has 0 aliphatic carbocycles. The quantitative estimate of drug-likeness (QED) is 0.0264. The van der Waals surface area contributed by atoms with Gasteiger partial charge in [0.2, 0.25) is 0 Å². The van der Waals surface area contributed by atoms with Crippen molar-refractivity contribution in [2.75, 3.05) is 26.4 Å². The molecule has 2 unspecified atom stereocenters. The van der Waals surface area contributed by atoms with Gasteiger partial charge >= 0.3 is 19.8 Å². The van der Waals surface area contributed by atoms with Crippen molar-refractivity contribution in [1.29, 1.82) is 0 Å². The third kappa shape index (κ3) is 61.9. The van der Waals surface area contributed by atoms with Crippen LogP contribution in [0.25, 0.3) is 0 Å². The molecule has 0 aliphatic heterocycles. The van der Waals surface area contributed by atoms with Gasteiger partial charge in [-0.05, 0) is 103 Å². The minimum Gasteiger partial charge on any atom is -0.462 e. The molecule has 0 fully saturated rings. The lowest BCUT2D eigenvalue weighted by Crippen LogP contribution is -2.29. The van der Waals surface area contributed by atoms with Gasteiger partial charge in [0.25, 0.3) is 0 Å². The van der Waals surface area contributed by atoms with Crippen molar-refractivity contribution in [3.05, 3.63) is 109 Å². The molecule has 0 aromatic heterocycles. The number of phosphoric acid groups is 1. The molecular weight excluding hydrogens is 990 g/mol. The van der Waals surface area contributed by atoms with E-state index in [2.05, 4.69) is 123 Å². The summed E-state index contributed by atoms with van der Waals surface area (Å²) >= 11 is 0. The fraction of sp³-hybridized carbons (Fsp3) is 0.706. The van der Waals surface area contributed by atoms with E-state index >= 15 is 0 Å². The van der Waals surface area contributed by atoms with Crippen LogP contribution in [-0.2, 0) is 32.7 Å². The minimum absolute atomic E-state index is 0.0494. The summed E-state index contributed by atoms with van der Waals surface area (Å²) in [5, 5.41) is 0. The van der Waals surface area contributed by atoms with Crippen LogP contribution in [0.4, 0.5) is 0 Å². The summed E-state index contributed by atoms with van der Waals surface area (Å²) < 4.78 is 33.1. The summed E-state index contributed by atoms with van der Waals surface area (Å²) in [4.78, 5) is 35.2. The molecule has 0 aliphatic rings. The first-order valence-electron chi connectivity index (χ1n) is 31.9. The van der Waals surface area contributed by atoms with Crippen LogP contribution in [-0.4, -0.2) is 49.3 Å². The van der Waals surface area contributed by atoms with Crippen LogP contribution in [0.5, 0.6) is 0 Å². The molecule has 0 heterocycles. The minimum atomic E-state index is -4.39. The van der Waals surface area contributed by atoms with Crippen molar-refractivity contribution in [1.82, 2.24) is 0 Å². The van der Waals surface area contributed by atoms with Crippen LogP contribution < -0.4 is 5.73 Å². The lowest BCUT2D eigenvalue weighted by atomic mass is 10.0. The number of phosphoric ester groups is 1. The second-order valence-corrected chi connectivity index (χ2v) is 22.3. The van der Waals surface area contributed by atoms with Crippen molar-refractivity contribution in [2.24, 2.45) is 5.73 Å². The lowest BCUT2D eigenvalue weighted by Gasteiger charge is -2.19. The Morgan fingerprint density at radius 1 is 0.397 bits per heavy atom. The molecule has 0 radical (unpaired) electrons. The Morgan fingerprint density at radius 3 is 1.05 bits per heavy atom. The molecule has 0 saturated carbocycles. The van der Waals surface area contributed by atoms with Crippen molar-refractivity contribution >= 4 is 19.8 Å². The summed E-state index contributed by atoms with van der Waals surface area (Å²) in [5.74, 6) is -0.833. The van der Waals surface area contributed by atoms with Crippen molar-refractivity contribution in [3.63, 3.8) is 0 Å². The number of ether oxygens (including phenoxy) is 2. The molecule has 0 bridgehead atoms. The van der Waals surface area contributed by atoms with Crippen LogP contribution in [0.1, 0.15) is 277 Å². The van der Waals surface area contributed by atoms with E-state index < -0.39 is 26.5 Å². The Morgan fingerprint density at radius 2 is 0.705 bits per heavy atom. The van der Waals surface area contributed by atoms with E-state index in [0.29, 0.717) is 6.42 Å². The molecule has 3 N–H and O–H groups in total. The molecule has 0 aromatic carbocycles. The van der Waals surface area contributed by atoms with Gasteiger partial charge in [-0.25, -0.2) is 4.57 Å². The molecule has 0 saturated heterocycles. The highest BCUT2D eigenvalue weighted by Crippen LogP contribution is 2.43. The SMILES string of the molecule is CC/C=C\C/C=C\C/C=C\C/C=C\C/C=C\C/C=C\C/C=C\CCCCCCCCCCCCCCCCCCCC(=O)OC(COC(=O)CCCCCCCCC/C=C\C/C=C\CCCCCC)COP(=O)(O)OCCN. The Hall–Kier alpha value is -3.33. The molecule has 78 heavy (non-hydrogen) atoms. The van der Waals surface area contributed by atoms with Gasteiger partial charge in [0.15, 0.2) is 6.10 Å². The number of hydrogen-bond donors (Lipinski definition) is 2. The standard InChI is InChI=1S/C68H118NO8P/c1-3-5-7-9-11-13-15-17-19-21-23-24-25-26-27-28-29-30-31-32-33-34-35-36-37-38-39-40-41-42-43-45-47-49-51-53-55-57-59-61-68(71)77-66(65-76-78(72,73)75-63-62-69)64-74-67(70)60-58-56-54-52-50-48-46-44-22-20-18-16-14-12-10-8-6-4-2/h5,7,11,13-14,16-17,19-20,22-24,26-27,29-30,32-33,66H,3-4,6,8-10,12,15,18,21,25,28,31,34-65,69H2,1-2H3,(H,72,73)/b7-5-,13-11-,16-14-,19-17-,22-20-,24-23-,27-26-,30-29-,33-32-. The maximum atomic E-state index is 12.7. The van der Waals surface area contributed by atoms with Crippen LogP contribution in [0.3, 0.4) is 0 Å². The number of esters is 2. The van der Waals surface area contributed by atoms with Gasteiger partial charge in [-0.15, -0.1) is 0 Å². The predicted octanol–water partition coefficient (Wildman–Crippen LogP) is 20.6. The number of carbonyl (C=O) groups is 2. The molecule has 2 atom stereocenters. The summed E-state index contributed by atoms with van der Waals surface area (Å²) in [6, 6.07) is 0. The van der Waals surface area contributed by atoms with Gasteiger partial charge < -0.3 is 20.1 Å². The topological polar surface area (TPSA) is 134 Å². The van der Waals surface area contributed by atoms with E-state index in [4.69, 9.17) is 24.3 Å². The largest absolute Gasteiger partial charge is 0.472 e. The number of unbranched alkanes of at least 4 members (excludes halogenated alkanes) is 28. The molecule has 448 valence electrons. The first-order valence-corrected chi connectivity index (χ1v) is 33.4. The van der Waals surface area contributed by atoms with Crippen molar-refractivity contribution in [3.8, 4) is 0 Å². The van der Waals surface area contributed by atoms with Gasteiger partial charge in [-0.1, -0.05) is 271 Å². The fourth-order valence-corrected chi connectivity index (χ4v) is 9.47. The zero-order valence-electron chi connectivity index (χ0n) is 50.1. The molecule has 0 spiro atoms. The maximum absolute atomic E-state index is 12.7. The summed E-state index contributed by atoms with van der Waals surface area (Å²) in [6.45, 7) is 3.62. The monoisotopic (exact) mass is 1110 g/mol. The fourth-order valence-electron chi connectivity index (χ4n) is 8.71. The highest BCUT2D eigenvalue weighted by Gasteiger charge is 2.26. The molecule has 0 aromatic rings. The summed E-state index contributed by atoms with van der Waals surface area (Å²) in [7, 11) is -4.39. The zero-order valence-corrected chi connectivity index (χ0v) is 51.0. The van der Waals surface area contributed by atoms with Gasteiger partial charge in [0.05, 0.1) is 13.2 Å². The van der Waals surface area contributed by atoms with Crippen molar-refractivity contribution < 1.29 is 37.6 Å². The third-order valence-electron chi connectivity index (χ3n) is 13.4. The van der Waals surface area contributed by atoms with Crippen LogP contribution in [0, 0.1) is 0 Å². The van der Waals surface area contributed by atoms with Gasteiger partial charge in [0, 0.05) is 19.4 Å². The Bertz CT molecular complexity index is 1640. The van der Waals surface area contributed by atoms with Crippen LogP contribution >= 0.6 is 7.82 Å². The smallest absolute Gasteiger partial charge is 0.462 e. The molecular formula is C68H118NO8P. The number of rotatable bonds is 59. The lowest BCUT2D eigenvalue weighted by molar-refractivity contribution is -0.161. The van der Waals surface area contributed by atoms with E-state index in [9.17, 15) is 19.0 Å². The second-order valence-electron chi connectivity index (χ2n) is 20.9. The average molecular weight is 1110 g/mol. The van der Waals surface area contributed by atoms with E-state index in [1.165, 1.54) is 141 Å². The number of allylic oxidation sites excluding steroid dienone is 18. The van der Waals surface area contributed by atoms with E-state index in [-0.39, 0.29) is 38.6 Å². The summed E-state index contributed by atoms with van der Waals surface area (Å²) in [5.41, 5.74) is 5.39.